The van der Waals surface area contributed by atoms with Crippen molar-refractivity contribution in [3.63, 3.8) is 0 Å². The van der Waals surface area contributed by atoms with Crippen LogP contribution in [0.5, 0.6) is 0 Å². The molecule has 3 atom stereocenters. The van der Waals surface area contributed by atoms with Gasteiger partial charge in [-0.1, -0.05) is 24.6 Å². The van der Waals surface area contributed by atoms with Crippen molar-refractivity contribution in [2.24, 2.45) is 11.8 Å². The molecule has 1 amide bonds. The summed E-state index contributed by atoms with van der Waals surface area (Å²) in [5.74, 6) is 0.699. The highest BCUT2D eigenvalue weighted by atomic mass is 16.3. The molecule has 2 aliphatic heterocycles. The summed E-state index contributed by atoms with van der Waals surface area (Å²) in [7, 11) is 2.04. The maximum atomic E-state index is 13.2. The number of benzene rings is 2. The molecule has 0 radical (unpaired) electrons. The molecule has 30 heavy (non-hydrogen) atoms. The SMILES string of the molecule is CN1c2ccc(-c3cccc(C#N)c3)cc2[C@H]2[C@H](CCN2C(=O)C2CCC2)[C@H]1CO. The predicted molar refractivity (Wildman–Crippen MR) is 116 cm³/mol. The monoisotopic (exact) mass is 401 g/mol. The Morgan fingerprint density at radius 3 is 2.67 bits per heavy atom. The van der Waals surface area contributed by atoms with E-state index >= 15 is 0 Å². The van der Waals surface area contributed by atoms with E-state index in [0.29, 0.717) is 5.56 Å². The molecule has 1 N–H and O–H groups in total. The molecule has 1 saturated carbocycles. The smallest absolute Gasteiger partial charge is 0.226 e. The van der Waals surface area contributed by atoms with E-state index < -0.39 is 0 Å². The maximum absolute atomic E-state index is 13.2. The highest BCUT2D eigenvalue weighted by Crippen LogP contribution is 2.50. The Labute approximate surface area is 177 Å². The van der Waals surface area contributed by atoms with Gasteiger partial charge < -0.3 is 14.9 Å². The molecule has 2 heterocycles. The topological polar surface area (TPSA) is 67.6 Å². The Balaban J connectivity index is 1.59. The lowest BCUT2D eigenvalue weighted by Gasteiger charge is -2.45. The van der Waals surface area contributed by atoms with Crippen LogP contribution in [-0.2, 0) is 4.79 Å². The van der Waals surface area contributed by atoms with Gasteiger partial charge in [-0.05, 0) is 60.2 Å². The molecule has 2 fully saturated rings. The average Bonchev–Trinajstić information content (AvgIpc) is 3.17. The molecule has 1 saturated heterocycles. The number of hydrogen-bond acceptors (Lipinski definition) is 4. The fourth-order valence-corrected chi connectivity index (χ4v) is 5.54. The lowest BCUT2D eigenvalue weighted by atomic mass is 9.80. The van der Waals surface area contributed by atoms with Gasteiger partial charge in [-0.15, -0.1) is 0 Å². The minimum atomic E-state index is 0.0144. The van der Waals surface area contributed by atoms with E-state index in [1.54, 1.807) is 0 Å². The van der Waals surface area contributed by atoms with E-state index in [4.69, 9.17) is 0 Å². The molecule has 2 aromatic rings. The zero-order chi connectivity index (χ0) is 20.8. The van der Waals surface area contributed by atoms with Crippen molar-refractivity contribution in [1.29, 1.82) is 5.26 Å². The van der Waals surface area contributed by atoms with Crippen molar-refractivity contribution in [1.82, 2.24) is 4.90 Å². The number of likely N-dealkylation sites (tertiary alicyclic amines) is 1. The van der Waals surface area contributed by atoms with Gasteiger partial charge in [0.25, 0.3) is 0 Å². The van der Waals surface area contributed by atoms with Crippen LogP contribution >= 0.6 is 0 Å². The van der Waals surface area contributed by atoms with Crippen molar-refractivity contribution < 1.29 is 9.90 Å². The third-order valence-corrected chi connectivity index (χ3v) is 7.41. The van der Waals surface area contributed by atoms with E-state index in [2.05, 4.69) is 34.1 Å². The van der Waals surface area contributed by atoms with Crippen molar-refractivity contribution >= 4 is 11.6 Å². The molecule has 5 heteroatoms. The molecule has 5 rings (SSSR count). The quantitative estimate of drug-likeness (QED) is 0.851. The molecule has 0 bridgehead atoms. The summed E-state index contributed by atoms with van der Waals surface area (Å²) in [6.45, 7) is 0.858. The van der Waals surface area contributed by atoms with Gasteiger partial charge in [0.2, 0.25) is 5.91 Å². The normalized spacial score (nSPS) is 25.3. The first kappa shape index (κ1) is 19.1. The van der Waals surface area contributed by atoms with Crippen molar-refractivity contribution in [3.8, 4) is 17.2 Å². The van der Waals surface area contributed by atoms with Crippen LogP contribution in [0.4, 0.5) is 5.69 Å². The number of carbonyl (C=O) groups is 1. The maximum Gasteiger partial charge on any atom is 0.226 e. The summed E-state index contributed by atoms with van der Waals surface area (Å²) in [4.78, 5) is 17.5. The van der Waals surface area contributed by atoms with Gasteiger partial charge in [-0.3, -0.25) is 4.79 Å². The second-order valence-corrected chi connectivity index (χ2v) is 8.88. The summed E-state index contributed by atoms with van der Waals surface area (Å²) < 4.78 is 0. The molecular weight excluding hydrogens is 374 g/mol. The van der Waals surface area contributed by atoms with E-state index in [1.807, 2.05) is 31.3 Å². The van der Waals surface area contributed by atoms with E-state index in [9.17, 15) is 15.2 Å². The Kier molecular flexibility index (Phi) is 4.75. The van der Waals surface area contributed by atoms with Crippen LogP contribution in [0.25, 0.3) is 11.1 Å². The van der Waals surface area contributed by atoms with Crippen LogP contribution in [0.15, 0.2) is 42.5 Å². The summed E-state index contributed by atoms with van der Waals surface area (Å²) in [5.41, 5.74) is 4.96. The second-order valence-electron chi connectivity index (χ2n) is 8.88. The molecular formula is C25H27N3O2. The van der Waals surface area contributed by atoms with Gasteiger partial charge in [-0.2, -0.15) is 5.26 Å². The lowest BCUT2D eigenvalue weighted by molar-refractivity contribution is -0.139. The number of hydrogen-bond donors (Lipinski definition) is 1. The van der Waals surface area contributed by atoms with Gasteiger partial charge in [0.05, 0.1) is 30.3 Å². The number of fused-ring (bicyclic) bond motifs is 3. The number of anilines is 1. The number of likely N-dealkylation sites (N-methyl/N-ethyl adjacent to an activating group) is 1. The molecule has 0 aromatic heterocycles. The standard InChI is InChI=1S/C25H27N3O2/c1-27-22-9-8-19(18-7-2-4-16(12-18)14-26)13-21(22)24-20(23(27)15-29)10-11-28(24)25(30)17-5-3-6-17/h2,4,7-9,12-13,17,20,23-24,29H,3,5-6,10-11,15H2,1H3/t20-,23-,24-/m1/s1. The van der Waals surface area contributed by atoms with Crippen molar-refractivity contribution in [3.05, 3.63) is 53.6 Å². The van der Waals surface area contributed by atoms with Crippen LogP contribution in [-0.4, -0.2) is 42.2 Å². The van der Waals surface area contributed by atoms with Crippen molar-refractivity contribution in [2.45, 2.75) is 37.8 Å². The van der Waals surface area contributed by atoms with Crippen LogP contribution < -0.4 is 4.90 Å². The first-order chi connectivity index (χ1) is 14.6. The minimum Gasteiger partial charge on any atom is -0.394 e. The number of nitriles is 1. The fraction of sp³-hybridized carbons (Fsp3) is 0.440. The van der Waals surface area contributed by atoms with Crippen LogP contribution in [0.1, 0.15) is 42.9 Å². The first-order valence-corrected chi connectivity index (χ1v) is 10.9. The Bertz CT molecular complexity index is 1020. The van der Waals surface area contributed by atoms with E-state index in [-0.39, 0.29) is 36.4 Å². The number of carbonyl (C=O) groups excluding carboxylic acids is 1. The van der Waals surface area contributed by atoms with Gasteiger partial charge in [0.15, 0.2) is 0 Å². The third-order valence-electron chi connectivity index (χ3n) is 7.41. The fourth-order valence-electron chi connectivity index (χ4n) is 5.54. The summed E-state index contributed by atoms with van der Waals surface area (Å²) in [6, 6.07) is 16.3. The largest absolute Gasteiger partial charge is 0.394 e. The van der Waals surface area contributed by atoms with Gasteiger partial charge in [0.1, 0.15) is 0 Å². The van der Waals surface area contributed by atoms with E-state index in [0.717, 1.165) is 54.6 Å². The molecule has 0 spiro atoms. The number of aliphatic hydroxyl groups is 1. The molecule has 1 aliphatic carbocycles. The third kappa shape index (κ3) is 2.90. The first-order valence-electron chi connectivity index (χ1n) is 10.9. The zero-order valence-corrected chi connectivity index (χ0v) is 17.3. The molecule has 3 aliphatic rings. The lowest BCUT2D eigenvalue weighted by Crippen LogP contribution is -2.49. The second kappa shape index (κ2) is 7.45. The Morgan fingerprint density at radius 2 is 1.97 bits per heavy atom. The van der Waals surface area contributed by atoms with Crippen LogP contribution in [0.3, 0.4) is 0 Å². The number of amides is 1. The molecule has 0 unspecified atom stereocenters. The predicted octanol–water partition coefficient (Wildman–Crippen LogP) is 3.73. The Morgan fingerprint density at radius 1 is 1.17 bits per heavy atom. The van der Waals surface area contributed by atoms with Crippen LogP contribution in [0.2, 0.25) is 0 Å². The molecule has 2 aromatic carbocycles. The van der Waals surface area contributed by atoms with Crippen molar-refractivity contribution in [2.75, 3.05) is 25.1 Å². The number of nitrogens with zero attached hydrogens (tertiary/aromatic N) is 3. The van der Waals surface area contributed by atoms with E-state index in [1.165, 1.54) is 0 Å². The summed E-state index contributed by atoms with van der Waals surface area (Å²) >= 11 is 0. The highest BCUT2D eigenvalue weighted by molar-refractivity contribution is 5.81. The molecule has 5 nitrogen and oxygen atoms in total. The van der Waals surface area contributed by atoms with Gasteiger partial charge >= 0.3 is 0 Å². The average molecular weight is 402 g/mol. The molecule has 154 valence electrons. The number of aliphatic hydroxyl groups excluding tert-OH is 1. The Hall–Kier alpha value is -2.84. The zero-order valence-electron chi connectivity index (χ0n) is 17.3. The number of rotatable bonds is 3. The highest BCUT2D eigenvalue weighted by Gasteiger charge is 2.48. The van der Waals surface area contributed by atoms with Crippen LogP contribution in [0, 0.1) is 23.2 Å². The van der Waals surface area contributed by atoms with Gasteiger partial charge in [-0.25, -0.2) is 0 Å². The van der Waals surface area contributed by atoms with Gasteiger partial charge in [0, 0.05) is 31.1 Å². The summed E-state index contributed by atoms with van der Waals surface area (Å²) in [6.07, 6.45) is 4.08. The minimum absolute atomic E-state index is 0.0144. The summed E-state index contributed by atoms with van der Waals surface area (Å²) in [5, 5.41) is 19.4.